The second-order valence-electron chi connectivity index (χ2n) is 5.65. The van der Waals surface area contributed by atoms with Crippen LogP contribution < -0.4 is 0 Å². The molecule has 0 spiro atoms. The van der Waals surface area contributed by atoms with E-state index < -0.39 is 12.7 Å². The molecule has 0 aliphatic carbocycles. The van der Waals surface area contributed by atoms with Gasteiger partial charge in [0.2, 0.25) is 0 Å². The van der Waals surface area contributed by atoms with Crippen LogP contribution in [0, 0.1) is 0 Å². The van der Waals surface area contributed by atoms with Crippen LogP contribution >= 0.6 is 11.3 Å². The number of thiazole rings is 1. The Kier molecular flexibility index (Phi) is 5.08. The fourth-order valence-electron chi connectivity index (χ4n) is 2.39. The fourth-order valence-corrected chi connectivity index (χ4v) is 3.19. The van der Waals surface area contributed by atoms with E-state index in [0.29, 0.717) is 5.01 Å². The van der Waals surface area contributed by atoms with Crippen LogP contribution in [-0.4, -0.2) is 38.6 Å². The first-order valence-corrected chi connectivity index (χ1v) is 8.54. The van der Waals surface area contributed by atoms with Crippen molar-refractivity contribution in [3.63, 3.8) is 0 Å². The molecule has 136 valence electrons. The summed E-state index contributed by atoms with van der Waals surface area (Å²) in [5.41, 5.74) is 1.16. The van der Waals surface area contributed by atoms with E-state index in [1.54, 1.807) is 5.38 Å². The number of hydrogen-bond acceptors (Lipinski definition) is 4. The lowest BCUT2D eigenvalue weighted by Crippen LogP contribution is -2.29. The number of aromatic nitrogens is 3. The zero-order chi connectivity index (χ0) is 18.7. The third-order valence-electron chi connectivity index (χ3n) is 3.62. The molecule has 0 aliphatic heterocycles. The van der Waals surface area contributed by atoms with Gasteiger partial charge in [0, 0.05) is 30.4 Å². The molecular formula is C17H15F3N4OS. The minimum absolute atomic E-state index is 0.0416. The number of benzene rings is 1. The normalized spacial score (nSPS) is 11.5. The summed E-state index contributed by atoms with van der Waals surface area (Å²) in [4.78, 5) is 22.1. The number of hydrogen-bond donors (Lipinski definition) is 0. The Morgan fingerprint density at radius 2 is 2.00 bits per heavy atom. The summed E-state index contributed by atoms with van der Waals surface area (Å²) in [6, 6.07) is 9.44. The number of halogens is 3. The molecule has 0 N–H and O–H groups in total. The summed E-state index contributed by atoms with van der Waals surface area (Å²) >= 11 is 1.34. The van der Waals surface area contributed by atoms with Gasteiger partial charge in [-0.1, -0.05) is 30.3 Å². The van der Waals surface area contributed by atoms with Crippen LogP contribution in [-0.2, 0) is 13.1 Å². The minimum Gasteiger partial charge on any atom is -0.333 e. The lowest BCUT2D eigenvalue weighted by Gasteiger charge is -2.17. The molecule has 9 heteroatoms. The van der Waals surface area contributed by atoms with Gasteiger partial charge < -0.3 is 9.47 Å². The maximum absolute atomic E-state index is 12.6. The molecule has 0 unspecified atom stereocenters. The Morgan fingerprint density at radius 3 is 2.69 bits per heavy atom. The Bertz CT molecular complexity index is 889. The molecule has 1 aromatic carbocycles. The van der Waals surface area contributed by atoms with Crippen molar-refractivity contribution in [3.8, 4) is 10.6 Å². The minimum atomic E-state index is -4.35. The molecule has 0 aliphatic rings. The van der Waals surface area contributed by atoms with E-state index in [0.717, 1.165) is 10.1 Å². The Morgan fingerprint density at radius 1 is 1.27 bits per heavy atom. The second-order valence-corrected chi connectivity index (χ2v) is 6.51. The smallest absolute Gasteiger partial charge is 0.333 e. The molecule has 1 amide bonds. The predicted octanol–water partition coefficient (Wildman–Crippen LogP) is 3.84. The first-order valence-electron chi connectivity index (χ1n) is 7.66. The Hall–Kier alpha value is -2.68. The van der Waals surface area contributed by atoms with Gasteiger partial charge in [-0.3, -0.25) is 4.79 Å². The molecule has 2 heterocycles. The summed E-state index contributed by atoms with van der Waals surface area (Å²) in [5, 5.41) is 2.35. The van der Waals surface area contributed by atoms with Crippen molar-refractivity contribution in [2.45, 2.75) is 19.3 Å². The van der Waals surface area contributed by atoms with Crippen molar-refractivity contribution in [2.75, 3.05) is 7.05 Å². The van der Waals surface area contributed by atoms with Crippen molar-refractivity contribution in [2.24, 2.45) is 0 Å². The maximum atomic E-state index is 12.6. The second kappa shape index (κ2) is 7.28. The highest BCUT2D eigenvalue weighted by Gasteiger charge is 2.29. The largest absolute Gasteiger partial charge is 0.406 e. The maximum Gasteiger partial charge on any atom is 0.406 e. The van der Waals surface area contributed by atoms with E-state index in [9.17, 15) is 18.0 Å². The summed E-state index contributed by atoms with van der Waals surface area (Å²) in [6.45, 7) is -1.18. The van der Waals surface area contributed by atoms with Gasteiger partial charge in [-0.15, -0.1) is 11.3 Å². The van der Waals surface area contributed by atoms with E-state index in [1.165, 1.54) is 35.7 Å². The van der Waals surface area contributed by atoms with E-state index in [4.69, 9.17) is 0 Å². The number of carbonyl (C=O) groups excluding carboxylic acids is 1. The number of amides is 1. The van der Waals surface area contributed by atoms with Gasteiger partial charge in [-0.05, 0) is 0 Å². The highest BCUT2D eigenvalue weighted by Crippen LogP contribution is 2.24. The molecule has 0 bridgehead atoms. The van der Waals surface area contributed by atoms with E-state index >= 15 is 0 Å². The highest BCUT2D eigenvalue weighted by molar-refractivity contribution is 7.13. The van der Waals surface area contributed by atoms with Gasteiger partial charge in [-0.2, -0.15) is 13.2 Å². The average molecular weight is 380 g/mol. The number of carbonyl (C=O) groups is 1. The number of nitrogens with zero attached hydrogens (tertiary/aromatic N) is 4. The molecule has 0 atom stereocenters. The van der Waals surface area contributed by atoms with Crippen molar-refractivity contribution >= 4 is 17.2 Å². The van der Waals surface area contributed by atoms with Crippen molar-refractivity contribution in [1.82, 2.24) is 19.4 Å². The lowest BCUT2D eigenvalue weighted by atomic mass is 10.2. The third-order valence-corrected chi connectivity index (χ3v) is 4.51. The predicted molar refractivity (Wildman–Crippen MR) is 91.6 cm³/mol. The van der Waals surface area contributed by atoms with Gasteiger partial charge in [0.1, 0.15) is 23.1 Å². The summed E-state index contributed by atoms with van der Waals surface area (Å²) in [7, 11) is 1.51. The van der Waals surface area contributed by atoms with E-state index in [1.807, 2.05) is 30.3 Å². The topological polar surface area (TPSA) is 51.0 Å². The fraction of sp³-hybridized carbons (Fsp3) is 0.235. The first kappa shape index (κ1) is 18.1. The first-order chi connectivity index (χ1) is 12.3. The summed E-state index contributed by atoms with van der Waals surface area (Å²) < 4.78 is 38.7. The van der Waals surface area contributed by atoms with Crippen molar-refractivity contribution < 1.29 is 18.0 Å². The van der Waals surface area contributed by atoms with Crippen LogP contribution in [0.15, 0.2) is 48.1 Å². The molecule has 0 fully saturated rings. The molecule has 5 nitrogen and oxygen atoms in total. The van der Waals surface area contributed by atoms with E-state index in [-0.39, 0.29) is 24.0 Å². The zero-order valence-corrected chi connectivity index (χ0v) is 14.6. The van der Waals surface area contributed by atoms with Gasteiger partial charge in [-0.25, -0.2) is 9.97 Å². The summed E-state index contributed by atoms with van der Waals surface area (Å²) in [5.74, 6) is -0.207. The monoisotopic (exact) mass is 380 g/mol. The van der Waals surface area contributed by atoms with Crippen molar-refractivity contribution in [1.29, 1.82) is 0 Å². The van der Waals surface area contributed by atoms with Gasteiger partial charge in [0.05, 0.1) is 6.54 Å². The van der Waals surface area contributed by atoms with Crippen LogP contribution in [0.4, 0.5) is 13.2 Å². The Balaban J connectivity index is 1.71. The zero-order valence-electron chi connectivity index (χ0n) is 13.8. The molecule has 3 aromatic rings. The summed E-state index contributed by atoms with van der Waals surface area (Å²) in [6.07, 6.45) is -1.81. The molecule has 3 rings (SSSR count). The number of imidazole rings is 1. The molecule has 0 saturated heterocycles. The van der Waals surface area contributed by atoms with Gasteiger partial charge >= 0.3 is 6.18 Å². The highest BCUT2D eigenvalue weighted by atomic mass is 32.1. The van der Waals surface area contributed by atoms with Crippen LogP contribution in [0.1, 0.15) is 16.3 Å². The average Bonchev–Trinajstić information content (AvgIpc) is 3.24. The van der Waals surface area contributed by atoms with Crippen LogP contribution in [0.25, 0.3) is 10.6 Å². The SMILES string of the molecule is CN(Cc1nccn1CC(F)(F)F)C(=O)c1csc(-c2ccccc2)n1. The van der Waals surface area contributed by atoms with Gasteiger partial charge in [0.15, 0.2) is 0 Å². The number of rotatable bonds is 5. The van der Waals surface area contributed by atoms with Crippen LogP contribution in [0.5, 0.6) is 0 Å². The molecule has 2 aromatic heterocycles. The molecule has 0 saturated carbocycles. The standard InChI is InChI=1S/C17H15F3N4OS/c1-23(9-14-21-7-8-24(14)11-17(18,19)20)16(25)13-10-26-15(22-13)12-5-3-2-4-6-12/h2-8,10H,9,11H2,1H3. The van der Waals surface area contributed by atoms with E-state index in [2.05, 4.69) is 9.97 Å². The Labute approximate surface area is 151 Å². The quantitative estimate of drug-likeness (QED) is 0.676. The van der Waals surface area contributed by atoms with Crippen LogP contribution in [0.3, 0.4) is 0 Å². The van der Waals surface area contributed by atoms with Crippen LogP contribution in [0.2, 0.25) is 0 Å². The number of alkyl halides is 3. The van der Waals surface area contributed by atoms with Gasteiger partial charge in [0.25, 0.3) is 5.91 Å². The molecule has 26 heavy (non-hydrogen) atoms. The third kappa shape index (κ3) is 4.29. The van der Waals surface area contributed by atoms with Crippen molar-refractivity contribution in [3.05, 3.63) is 59.6 Å². The molecular weight excluding hydrogens is 365 g/mol. The lowest BCUT2D eigenvalue weighted by molar-refractivity contribution is -0.141. The molecule has 0 radical (unpaired) electrons.